The summed E-state index contributed by atoms with van der Waals surface area (Å²) >= 11 is 5.16. The van der Waals surface area contributed by atoms with E-state index in [9.17, 15) is 13.6 Å². The summed E-state index contributed by atoms with van der Waals surface area (Å²) in [5, 5.41) is 1.64. The smallest absolute Gasteiger partial charge is 0.258 e. The van der Waals surface area contributed by atoms with Crippen LogP contribution in [0.15, 0.2) is 42.5 Å². The van der Waals surface area contributed by atoms with E-state index in [0.29, 0.717) is 6.54 Å². The summed E-state index contributed by atoms with van der Waals surface area (Å²) in [6, 6.07) is 11.5. The van der Waals surface area contributed by atoms with Gasteiger partial charge in [0.05, 0.1) is 5.69 Å². The number of halogens is 3. The van der Waals surface area contributed by atoms with Crippen LogP contribution in [-0.4, -0.2) is 5.24 Å². The number of benzene rings is 2. The Balaban J connectivity index is 2.22. The first-order valence-corrected chi connectivity index (χ1v) is 5.93. The minimum absolute atomic E-state index is 0.0363. The molecule has 0 bridgehead atoms. The molecule has 0 aromatic heterocycles. The van der Waals surface area contributed by atoms with Crippen molar-refractivity contribution in [3.63, 3.8) is 0 Å². The fourth-order valence-corrected chi connectivity index (χ4v) is 1.84. The standard InChI is InChI=1S/C14H10ClF2NO/c15-14(19)12-10(16)6-7-11(13(12)17)18-8-9-4-2-1-3-5-9/h1-7,18H,8H2. The van der Waals surface area contributed by atoms with Crippen molar-refractivity contribution in [1.82, 2.24) is 0 Å². The topological polar surface area (TPSA) is 29.1 Å². The molecule has 0 fully saturated rings. The van der Waals surface area contributed by atoms with Gasteiger partial charge in [-0.25, -0.2) is 8.78 Å². The van der Waals surface area contributed by atoms with E-state index < -0.39 is 22.4 Å². The van der Waals surface area contributed by atoms with Crippen molar-refractivity contribution in [2.24, 2.45) is 0 Å². The zero-order chi connectivity index (χ0) is 13.8. The zero-order valence-electron chi connectivity index (χ0n) is 9.79. The third-order valence-electron chi connectivity index (χ3n) is 2.61. The van der Waals surface area contributed by atoms with E-state index in [-0.39, 0.29) is 5.69 Å². The summed E-state index contributed by atoms with van der Waals surface area (Å²) in [4.78, 5) is 11.0. The lowest BCUT2D eigenvalue weighted by atomic mass is 10.1. The number of rotatable bonds is 4. The van der Waals surface area contributed by atoms with Gasteiger partial charge in [-0.15, -0.1) is 0 Å². The second-order valence-corrected chi connectivity index (χ2v) is 4.24. The van der Waals surface area contributed by atoms with Crippen LogP contribution in [0.2, 0.25) is 0 Å². The van der Waals surface area contributed by atoms with Crippen molar-refractivity contribution in [2.45, 2.75) is 6.54 Å². The molecule has 2 aromatic rings. The van der Waals surface area contributed by atoms with Crippen molar-refractivity contribution in [3.05, 3.63) is 65.2 Å². The molecule has 98 valence electrons. The molecule has 0 aliphatic heterocycles. The molecule has 2 rings (SSSR count). The Morgan fingerprint density at radius 3 is 2.42 bits per heavy atom. The summed E-state index contributed by atoms with van der Waals surface area (Å²) in [6.45, 7) is 0.360. The number of carbonyl (C=O) groups excluding carboxylic acids is 1. The molecule has 0 atom stereocenters. The molecule has 0 unspecified atom stereocenters. The molecule has 0 aliphatic rings. The summed E-state index contributed by atoms with van der Waals surface area (Å²) in [5.74, 6) is -1.95. The Labute approximate surface area is 114 Å². The number of hydrogen-bond acceptors (Lipinski definition) is 2. The van der Waals surface area contributed by atoms with Gasteiger partial charge in [0.2, 0.25) is 0 Å². The summed E-state index contributed by atoms with van der Waals surface area (Å²) < 4.78 is 27.2. The Morgan fingerprint density at radius 2 is 1.79 bits per heavy atom. The third-order valence-corrected chi connectivity index (χ3v) is 2.80. The second kappa shape index (κ2) is 5.80. The van der Waals surface area contributed by atoms with Crippen molar-refractivity contribution < 1.29 is 13.6 Å². The first-order chi connectivity index (χ1) is 9.09. The van der Waals surface area contributed by atoms with Gasteiger partial charge in [0.25, 0.3) is 5.24 Å². The van der Waals surface area contributed by atoms with Gasteiger partial charge in [0.15, 0.2) is 5.82 Å². The van der Waals surface area contributed by atoms with Crippen molar-refractivity contribution in [3.8, 4) is 0 Å². The fraction of sp³-hybridized carbons (Fsp3) is 0.0714. The quantitative estimate of drug-likeness (QED) is 0.860. The summed E-state index contributed by atoms with van der Waals surface area (Å²) in [6.07, 6.45) is 0. The van der Waals surface area contributed by atoms with Crippen LogP contribution in [0.1, 0.15) is 15.9 Å². The van der Waals surface area contributed by atoms with E-state index in [1.807, 2.05) is 30.3 Å². The summed E-state index contributed by atoms with van der Waals surface area (Å²) in [5.41, 5.74) is 0.235. The predicted octanol–water partition coefficient (Wildman–Crippen LogP) is 3.96. The molecule has 0 saturated carbocycles. The number of hydrogen-bond donors (Lipinski definition) is 1. The van der Waals surface area contributed by atoms with E-state index in [1.165, 1.54) is 6.07 Å². The lowest BCUT2D eigenvalue weighted by molar-refractivity contribution is 0.107. The highest BCUT2D eigenvalue weighted by Gasteiger charge is 2.18. The van der Waals surface area contributed by atoms with E-state index in [0.717, 1.165) is 11.6 Å². The monoisotopic (exact) mass is 281 g/mol. The van der Waals surface area contributed by atoms with Crippen molar-refractivity contribution in [2.75, 3.05) is 5.32 Å². The third kappa shape index (κ3) is 3.09. The number of nitrogens with one attached hydrogen (secondary N) is 1. The highest BCUT2D eigenvalue weighted by molar-refractivity contribution is 6.67. The maximum Gasteiger partial charge on any atom is 0.258 e. The average molecular weight is 282 g/mol. The first-order valence-electron chi connectivity index (χ1n) is 5.55. The minimum atomic E-state index is -1.15. The van der Waals surface area contributed by atoms with Crippen molar-refractivity contribution in [1.29, 1.82) is 0 Å². The van der Waals surface area contributed by atoms with E-state index in [1.54, 1.807) is 0 Å². The zero-order valence-corrected chi connectivity index (χ0v) is 10.5. The normalized spacial score (nSPS) is 10.3. The molecule has 2 nitrogen and oxygen atoms in total. The maximum absolute atomic E-state index is 13.9. The van der Waals surface area contributed by atoms with Gasteiger partial charge < -0.3 is 5.32 Å². The Hall–Kier alpha value is -1.94. The molecule has 19 heavy (non-hydrogen) atoms. The lowest BCUT2D eigenvalue weighted by Crippen LogP contribution is -2.06. The van der Waals surface area contributed by atoms with E-state index >= 15 is 0 Å². The molecule has 0 aliphatic carbocycles. The molecule has 1 N–H and O–H groups in total. The van der Waals surface area contributed by atoms with Crippen LogP contribution >= 0.6 is 11.6 Å². The van der Waals surface area contributed by atoms with E-state index in [4.69, 9.17) is 11.6 Å². The Bertz CT molecular complexity index is 602. The molecule has 0 saturated heterocycles. The largest absolute Gasteiger partial charge is 0.379 e. The summed E-state index contributed by atoms with van der Waals surface area (Å²) in [7, 11) is 0. The molecule has 5 heteroatoms. The number of carbonyl (C=O) groups is 1. The molecule has 0 heterocycles. The van der Waals surface area contributed by atoms with Crippen LogP contribution in [0, 0.1) is 11.6 Å². The highest BCUT2D eigenvalue weighted by Crippen LogP contribution is 2.23. The van der Waals surface area contributed by atoms with Crippen LogP contribution in [0.3, 0.4) is 0 Å². The van der Waals surface area contributed by atoms with Gasteiger partial charge in [-0.1, -0.05) is 30.3 Å². The number of anilines is 1. The first kappa shape index (κ1) is 13.5. The van der Waals surface area contributed by atoms with Gasteiger partial charge in [-0.05, 0) is 29.3 Å². The van der Waals surface area contributed by atoms with Crippen LogP contribution in [0.25, 0.3) is 0 Å². The van der Waals surface area contributed by atoms with Gasteiger partial charge in [0.1, 0.15) is 11.4 Å². The minimum Gasteiger partial charge on any atom is -0.379 e. The van der Waals surface area contributed by atoms with Gasteiger partial charge in [-0.3, -0.25) is 4.79 Å². The highest BCUT2D eigenvalue weighted by atomic mass is 35.5. The maximum atomic E-state index is 13.9. The van der Waals surface area contributed by atoms with Crippen LogP contribution in [0.4, 0.5) is 14.5 Å². The van der Waals surface area contributed by atoms with Crippen LogP contribution in [-0.2, 0) is 6.54 Å². The van der Waals surface area contributed by atoms with Gasteiger partial charge >= 0.3 is 0 Å². The van der Waals surface area contributed by atoms with Crippen LogP contribution < -0.4 is 5.32 Å². The van der Waals surface area contributed by atoms with Gasteiger partial charge in [-0.2, -0.15) is 0 Å². The van der Waals surface area contributed by atoms with E-state index in [2.05, 4.69) is 5.32 Å². The fourth-order valence-electron chi connectivity index (χ4n) is 1.66. The molecule has 2 aromatic carbocycles. The Kier molecular flexibility index (Phi) is 4.12. The molecular weight excluding hydrogens is 272 g/mol. The van der Waals surface area contributed by atoms with Crippen LogP contribution in [0.5, 0.6) is 0 Å². The lowest BCUT2D eigenvalue weighted by Gasteiger charge is -2.09. The molecular formula is C14H10ClF2NO. The van der Waals surface area contributed by atoms with Crippen molar-refractivity contribution >= 4 is 22.5 Å². The Morgan fingerprint density at radius 1 is 1.11 bits per heavy atom. The predicted molar refractivity (Wildman–Crippen MR) is 70.3 cm³/mol. The second-order valence-electron chi connectivity index (χ2n) is 3.90. The molecule has 0 radical (unpaired) electrons. The SMILES string of the molecule is O=C(Cl)c1c(F)ccc(NCc2ccccc2)c1F. The van der Waals surface area contributed by atoms with Gasteiger partial charge in [0, 0.05) is 6.54 Å². The average Bonchev–Trinajstić information content (AvgIpc) is 2.38. The molecule has 0 amide bonds. The molecule has 0 spiro atoms.